The van der Waals surface area contributed by atoms with E-state index in [9.17, 15) is 19.5 Å². The summed E-state index contributed by atoms with van der Waals surface area (Å²) < 4.78 is 0. The molecule has 2 aliphatic carbocycles. The van der Waals surface area contributed by atoms with Crippen molar-refractivity contribution in [3.63, 3.8) is 0 Å². The predicted octanol–water partition coefficient (Wildman–Crippen LogP) is 6.81. The van der Waals surface area contributed by atoms with Gasteiger partial charge in [0, 0.05) is 23.8 Å². The lowest BCUT2D eigenvalue weighted by Crippen LogP contribution is -2.45. The summed E-state index contributed by atoms with van der Waals surface area (Å²) in [6.07, 6.45) is 16.1. The Labute approximate surface area is 219 Å². The van der Waals surface area contributed by atoms with Crippen LogP contribution >= 0.6 is 11.3 Å². The van der Waals surface area contributed by atoms with Gasteiger partial charge in [-0.15, -0.1) is 11.3 Å². The number of carbonyl (C=O) groups excluding carboxylic acids is 2. The molecule has 3 rings (SSSR count). The molecule has 1 unspecified atom stereocenters. The van der Waals surface area contributed by atoms with Gasteiger partial charge in [-0.05, 0) is 82.3 Å². The number of aromatic carboxylic acids is 1. The number of rotatable bonds is 11. The van der Waals surface area contributed by atoms with Crippen LogP contribution < -0.4 is 10.2 Å². The lowest BCUT2D eigenvalue weighted by Gasteiger charge is -2.35. The van der Waals surface area contributed by atoms with Gasteiger partial charge in [0.2, 0.25) is 11.8 Å². The van der Waals surface area contributed by atoms with Gasteiger partial charge in [0.05, 0.1) is 11.7 Å². The molecule has 7 heteroatoms. The van der Waals surface area contributed by atoms with Crippen LogP contribution in [-0.2, 0) is 9.59 Å². The summed E-state index contributed by atoms with van der Waals surface area (Å²) in [5, 5.41) is 13.1. The van der Waals surface area contributed by atoms with E-state index >= 15 is 0 Å². The minimum Gasteiger partial charge on any atom is -0.477 e. The molecular formula is C29H42N2O4S. The largest absolute Gasteiger partial charge is 0.477 e. The third-order valence-corrected chi connectivity index (χ3v) is 8.80. The van der Waals surface area contributed by atoms with Gasteiger partial charge in [-0.2, -0.15) is 0 Å². The smallest absolute Gasteiger partial charge is 0.348 e. The second-order valence-corrected chi connectivity index (χ2v) is 11.1. The zero-order valence-electron chi connectivity index (χ0n) is 22.1. The molecule has 1 aromatic heterocycles. The van der Waals surface area contributed by atoms with Crippen molar-refractivity contribution in [1.29, 1.82) is 0 Å². The summed E-state index contributed by atoms with van der Waals surface area (Å²) in [5.74, 6) is -0.454. The highest BCUT2D eigenvalue weighted by atomic mass is 32.1. The first-order valence-corrected chi connectivity index (χ1v) is 14.5. The van der Waals surface area contributed by atoms with E-state index in [0.29, 0.717) is 31.0 Å². The number of thiophene rings is 1. The average Bonchev–Trinajstić information content (AvgIpc) is 3.34. The van der Waals surface area contributed by atoms with Gasteiger partial charge in [-0.1, -0.05) is 38.5 Å². The quantitative estimate of drug-likeness (QED) is 0.317. The molecule has 0 saturated heterocycles. The Morgan fingerprint density at radius 2 is 1.94 bits per heavy atom. The van der Waals surface area contributed by atoms with Crippen LogP contribution in [0.3, 0.4) is 0 Å². The maximum atomic E-state index is 14.1. The lowest BCUT2D eigenvalue weighted by atomic mass is 9.80. The molecule has 2 amide bonds. The average molecular weight is 515 g/mol. The molecule has 1 fully saturated rings. The topological polar surface area (TPSA) is 86.7 Å². The monoisotopic (exact) mass is 514 g/mol. The second kappa shape index (κ2) is 13.8. The molecule has 0 aliphatic heterocycles. The van der Waals surface area contributed by atoms with Gasteiger partial charge < -0.3 is 15.3 Å². The highest BCUT2D eigenvalue weighted by Crippen LogP contribution is 2.41. The number of hydrogen-bond donors (Lipinski definition) is 2. The number of carbonyl (C=O) groups is 3. The van der Waals surface area contributed by atoms with Crippen molar-refractivity contribution in [2.75, 3.05) is 11.4 Å². The molecule has 0 aromatic carbocycles. The molecule has 1 saturated carbocycles. The number of carboxylic acid groups (broad SMARTS) is 1. The van der Waals surface area contributed by atoms with E-state index in [-0.39, 0.29) is 28.7 Å². The van der Waals surface area contributed by atoms with Crippen molar-refractivity contribution in [2.45, 2.75) is 97.4 Å². The molecule has 2 aliphatic rings. The van der Waals surface area contributed by atoms with E-state index in [1.54, 1.807) is 4.90 Å². The molecule has 1 heterocycles. The lowest BCUT2D eigenvalue weighted by molar-refractivity contribution is -0.124. The zero-order chi connectivity index (χ0) is 26.1. The number of anilines is 1. The van der Waals surface area contributed by atoms with E-state index < -0.39 is 5.97 Å². The van der Waals surface area contributed by atoms with Gasteiger partial charge >= 0.3 is 5.97 Å². The van der Waals surface area contributed by atoms with Crippen LogP contribution in [0.2, 0.25) is 0 Å². The fourth-order valence-electron chi connectivity index (χ4n) is 5.43. The molecule has 36 heavy (non-hydrogen) atoms. The van der Waals surface area contributed by atoms with E-state index in [2.05, 4.69) is 18.3 Å². The number of carboxylic acids is 1. The molecular weight excluding hydrogens is 472 g/mol. The fraction of sp³-hybridized carbons (Fsp3) is 0.621. The van der Waals surface area contributed by atoms with E-state index in [1.807, 2.05) is 32.1 Å². The zero-order valence-corrected chi connectivity index (χ0v) is 22.9. The van der Waals surface area contributed by atoms with Crippen LogP contribution in [0.5, 0.6) is 0 Å². The Bertz CT molecular complexity index is 972. The number of nitrogens with zero attached hydrogens (tertiary/aromatic N) is 1. The number of amides is 2. The van der Waals surface area contributed by atoms with E-state index in [1.165, 1.54) is 16.9 Å². The van der Waals surface area contributed by atoms with Crippen LogP contribution in [-0.4, -0.2) is 35.5 Å². The summed E-state index contributed by atoms with van der Waals surface area (Å²) in [5.41, 5.74) is 1.69. The van der Waals surface area contributed by atoms with Gasteiger partial charge in [-0.25, -0.2) is 4.79 Å². The Morgan fingerprint density at radius 1 is 1.19 bits per heavy atom. The van der Waals surface area contributed by atoms with Crippen LogP contribution in [0.25, 0.3) is 5.57 Å². The molecule has 198 valence electrons. The van der Waals surface area contributed by atoms with Crippen molar-refractivity contribution in [3.8, 4) is 0 Å². The van der Waals surface area contributed by atoms with E-state index in [4.69, 9.17) is 0 Å². The Kier molecular flexibility index (Phi) is 10.8. The highest BCUT2D eigenvalue weighted by molar-refractivity contribution is 7.15. The maximum absolute atomic E-state index is 14.1. The molecule has 6 nitrogen and oxygen atoms in total. The van der Waals surface area contributed by atoms with Crippen LogP contribution in [0, 0.1) is 11.8 Å². The Hall–Kier alpha value is -2.41. The minimum absolute atomic E-state index is 0.0129. The molecule has 0 radical (unpaired) electrons. The van der Waals surface area contributed by atoms with Crippen molar-refractivity contribution < 1.29 is 19.5 Å². The normalized spacial score (nSPS) is 21.1. The SMILES string of the molecule is C/C=C/C(CCNC(=O)CC)N(C(=O)C1CCC(CC)CC1)c1cc(C2=CCCCC2)sc1C(=O)O. The molecule has 1 atom stereocenters. The molecule has 0 spiro atoms. The van der Waals surface area contributed by atoms with Crippen molar-refractivity contribution in [3.05, 3.63) is 34.0 Å². The van der Waals surface area contributed by atoms with Crippen LogP contribution in [0.1, 0.15) is 106 Å². The Morgan fingerprint density at radius 3 is 2.53 bits per heavy atom. The highest BCUT2D eigenvalue weighted by Gasteiger charge is 2.35. The van der Waals surface area contributed by atoms with Crippen LogP contribution in [0.15, 0.2) is 24.3 Å². The van der Waals surface area contributed by atoms with Gasteiger partial charge in [0.15, 0.2) is 0 Å². The third-order valence-electron chi connectivity index (χ3n) is 7.61. The summed E-state index contributed by atoms with van der Waals surface area (Å²) >= 11 is 1.28. The van der Waals surface area contributed by atoms with Crippen molar-refractivity contribution in [2.24, 2.45) is 11.8 Å². The van der Waals surface area contributed by atoms with Crippen molar-refractivity contribution >= 4 is 40.4 Å². The standard InChI is InChI=1S/C29H42N2O4S/c1-4-10-23(17-18-30-26(32)6-3)31(28(33)22-15-13-20(5-2)14-16-22)24-19-25(36-27(24)29(34)35)21-11-8-7-9-12-21/h4,10-11,19-20,22-23H,5-9,12-18H2,1-3H3,(H,30,32)(H,34,35)/b10-4+. The van der Waals surface area contributed by atoms with Crippen LogP contribution in [0.4, 0.5) is 5.69 Å². The van der Waals surface area contributed by atoms with E-state index in [0.717, 1.165) is 62.7 Å². The maximum Gasteiger partial charge on any atom is 0.348 e. The molecule has 2 N–H and O–H groups in total. The summed E-state index contributed by atoms with van der Waals surface area (Å²) in [7, 11) is 0. The number of nitrogens with one attached hydrogen (secondary N) is 1. The van der Waals surface area contributed by atoms with Gasteiger partial charge in [-0.3, -0.25) is 9.59 Å². The third kappa shape index (κ3) is 7.09. The molecule has 0 bridgehead atoms. The predicted molar refractivity (Wildman–Crippen MR) is 147 cm³/mol. The second-order valence-electron chi connectivity index (χ2n) is 10.0. The first kappa shape index (κ1) is 28.2. The number of allylic oxidation sites excluding steroid dienone is 3. The summed E-state index contributed by atoms with van der Waals surface area (Å²) in [6, 6.07) is 1.60. The van der Waals surface area contributed by atoms with Gasteiger partial charge in [0.25, 0.3) is 0 Å². The first-order valence-electron chi connectivity index (χ1n) is 13.7. The minimum atomic E-state index is -0.997. The number of hydrogen-bond acceptors (Lipinski definition) is 4. The summed E-state index contributed by atoms with van der Waals surface area (Å²) in [4.78, 5) is 41.3. The van der Waals surface area contributed by atoms with Gasteiger partial charge in [0.1, 0.15) is 4.88 Å². The first-order chi connectivity index (χ1) is 17.4. The van der Waals surface area contributed by atoms with Crippen molar-refractivity contribution in [1.82, 2.24) is 5.32 Å². The Balaban J connectivity index is 2.00. The summed E-state index contributed by atoms with van der Waals surface area (Å²) in [6.45, 7) is 6.36. The molecule has 1 aromatic rings. The fourth-order valence-corrected chi connectivity index (χ4v) is 6.48.